The topological polar surface area (TPSA) is 62.4 Å². The summed E-state index contributed by atoms with van der Waals surface area (Å²) in [4.78, 5) is 12.1. The molecule has 0 radical (unpaired) electrons. The molecule has 4 rings (SSSR count). The highest BCUT2D eigenvalue weighted by atomic mass is 19.1. The van der Waals surface area contributed by atoms with Gasteiger partial charge in [0.2, 0.25) is 0 Å². The van der Waals surface area contributed by atoms with Gasteiger partial charge in [-0.25, -0.2) is 4.39 Å². The second kappa shape index (κ2) is 7.17. The van der Waals surface area contributed by atoms with Gasteiger partial charge in [0.1, 0.15) is 5.82 Å². The highest BCUT2D eigenvalue weighted by Gasteiger charge is 2.27. The van der Waals surface area contributed by atoms with E-state index in [9.17, 15) is 9.18 Å². The molecule has 0 aliphatic carbocycles. The number of hydrogen-bond acceptors (Lipinski definition) is 4. The number of carbonyl (C=O) groups excluding carboxylic acids is 1. The van der Waals surface area contributed by atoms with Gasteiger partial charge in [-0.05, 0) is 49.2 Å². The molecule has 3 N–H and O–H groups in total. The highest BCUT2D eigenvalue weighted by molar-refractivity contribution is 6.31. The molecule has 2 aliphatic heterocycles. The fraction of sp³-hybridized carbons (Fsp3) is 0.250. The maximum atomic E-state index is 14.0. The normalized spacial score (nSPS) is 18.5. The van der Waals surface area contributed by atoms with Crippen molar-refractivity contribution in [3.05, 3.63) is 60.0 Å². The van der Waals surface area contributed by atoms with E-state index >= 15 is 0 Å². The molecule has 134 valence electrons. The molecule has 5 nitrogen and oxygen atoms in total. The maximum Gasteiger partial charge on any atom is 0.257 e. The molecule has 1 amide bonds. The minimum atomic E-state index is -0.412. The lowest BCUT2D eigenvalue weighted by Crippen LogP contribution is -2.27. The molecule has 0 saturated carbocycles. The SMILES string of the molecule is O=C1Nc2cccc(F)c2C1=CNc1ccc(NC2CCOCC2)cc1. The fourth-order valence-electron chi connectivity index (χ4n) is 3.24. The smallest absolute Gasteiger partial charge is 0.257 e. The Kier molecular flexibility index (Phi) is 4.58. The van der Waals surface area contributed by atoms with Crippen LogP contribution in [0.1, 0.15) is 18.4 Å². The van der Waals surface area contributed by atoms with Gasteiger partial charge in [0.15, 0.2) is 0 Å². The summed E-state index contributed by atoms with van der Waals surface area (Å²) >= 11 is 0. The summed E-state index contributed by atoms with van der Waals surface area (Å²) in [6, 6.07) is 12.9. The molecule has 0 atom stereocenters. The molecular weight excluding hydrogens is 333 g/mol. The first-order valence-corrected chi connectivity index (χ1v) is 8.72. The van der Waals surface area contributed by atoms with Crippen molar-refractivity contribution in [1.82, 2.24) is 0 Å². The van der Waals surface area contributed by atoms with Crippen molar-refractivity contribution in [2.75, 3.05) is 29.2 Å². The summed E-state index contributed by atoms with van der Waals surface area (Å²) in [6.45, 7) is 1.59. The molecule has 26 heavy (non-hydrogen) atoms. The first-order valence-electron chi connectivity index (χ1n) is 8.72. The van der Waals surface area contributed by atoms with Crippen LogP contribution in [-0.4, -0.2) is 25.2 Å². The monoisotopic (exact) mass is 353 g/mol. The lowest BCUT2D eigenvalue weighted by atomic mass is 10.1. The minimum absolute atomic E-state index is 0.294. The van der Waals surface area contributed by atoms with Crippen LogP contribution in [0.2, 0.25) is 0 Å². The van der Waals surface area contributed by atoms with Crippen LogP contribution in [-0.2, 0) is 9.53 Å². The van der Waals surface area contributed by atoms with Crippen LogP contribution in [0.3, 0.4) is 0 Å². The van der Waals surface area contributed by atoms with Crippen molar-refractivity contribution in [2.45, 2.75) is 18.9 Å². The first kappa shape index (κ1) is 16.6. The Balaban J connectivity index is 1.45. The Bertz CT molecular complexity index is 843. The average Bonchev–Trinajstić information content (AvgIpc) is 2.98. The van der Waals surface area contributed by atoms with Crippen molar-refractivity contribution in [1.29, 1.82) is 0 Å². The number of ether oxygens (including phenoxy) is 1. The molecule has 0 spiro atoms. The minimum Gasteiger partial charge on any atom is -0.382 e. The van der Waals surface area contributed by atoms with Crippen LogP contribution in [0, 0.1) is 5.82 Å². The van der Waals surface area contributed by atoms with Gasteiger partial charge in [-0.2, -0.15) is 0 Å². The molecular formula is C20H20FN3O2. The first-order chi connectivity index (χ1) is 12.7. The Morgan fingerprint density at radius 3 is 2.58 bits per heavy atom. The molecule has 0 aromatic heterocycles. The molecule has 6 heteroatoms. The van der Waals surface area contributed by atoms with Crippen LogP contribution in [0.15, 0.2) is 48.7 Å². The number of amides is 1. The van der Waals surface area contributed by atoms with Crippen molar-refractivity contribution in [2.24, 2.45) is 0 Å². The van der Waals surface area contributed by atoms with Crippen molar-refractivity contribution < 1.29 is 13.9 Å². The van der Waals surface area contributed by atoms with Gasteiger partial charge in [-0.15, -0.1) is 0 Å². The second-order valence-electron chi connectivity index (χ2n) is 6.43. The Morgan fingerprint density at radius 2 is 1.81 bits per heavy atom. The lowest BCUT2D eigenvalue weighted by molar-refractivity contribution is -0.110. The third-order valence-corrected chi connectivity index (χ3v) is 4.64. The fourth-order valence-corrected chi connectivity index (χ4v) is 3.24. The molecule has 1 saturated heterocycles. The Morgan fingerprint density at radius 1 is 1.08 bits per heavy atom. The molecule has 1 fully saturated rings. The van der Waals surface area contributed by atoms with Gasteiger partial charge < -0.3 is 20.7 Å². The van der Waals surface area contributed by atoms with Crippen LogP contribution in [0.4, 0.5) is 21.5 Å². The van der Waals surface area contributed by atoms with Gasteiger partial charge in [0.25, 0.3) is 5.91 Å². The van der Waals surface area contributed by atoms with E-state index in [1.807, 2.05) is 24.3 Å². The third-order valence-electron chi connectivity index (χ3n) is 4.64. The largest absolute Gasteiger partial charge is 0.382 e. The number of hydrogen-bond donors (Lipinski definition) is 3. The molecule has 2 aromatic carbocycles. The molecule has 0 unspecified atom stereocenters. The number of anilines is 3. The van der Waals surface area contributed by atoms with Gasteiger partial charge in [0.05, 0.1) is 11.3 Å². The van der Waals surface area contributed by atoms with Crippen molar-refractivity contribution in [3.8, 4) is 0 Å². The molecule has 2 heterocycles. The van der Waals surface area contributed by atoms with Gasteiger partial charge >= 0.3 is 0 Å². The lowest BCUT2D eigenvalue weighted by Gasteiger charge is -2.24. The summed E-state index contributed by atoms with van der Waals surface area (Å²) in [6.07, 6.45) is 3.56. The third kappa shape index (κ3) is 3.41. The summed E-state index contributed by atoms with van der Waals surface area (Å²) in [5.41, 5.74) is 2.97. The van der Waals surface area contributed by atoms with E-state index in [-0.39, 0.29) is 5.91 Å². The Labute approximate surface area is 151 Å². The van der Waals surface area contributed by atoms with Gasteiger partial charge in [-0.3, -0.25) is 4.79 Å². The number of halogens is 1. The van der Waals surface area contributed by atoms with Crippen LogP contribution < -0.4 is 16.0 Å². The number of carbonyl (C=O) groups is 1. The van der Waals surface area contributed by atoms with E-state index < -0.39 is 5.82 Å². The van der Waals surface area contributed by atoms with Crippen LogP contribution in [0.25, 0.3) is 5.57 Å². The summed E-state index contributed by atoms with van der Waals surface area (Å²) in [5.74, 6) is -0.722. The molecule has 2 aromatic rings. The number of fused-ring (bicyclic) bond motifs is 1. The van der Waals surface area contributed by atoms with E-state index in [4.69, 9.17) is 4.74 Å². The highest BCUT2D eigenvalue weighted by Crippen LogP contribution is 2.33. The summed E-state index contributed by atoms with van der Waals surface area (Å²) < 4.78 is 19.4. The zero-order valence-electron chi connectivity index (χ0n) is 14.2. The predicted molar refractivity (Wildman–Crippen MR) is 101 cm³/mol. The van der Waals surface area contributed by atoms with Crippen LogP contribution >= 0.6 is 0 Å². The van der Waals surface area contributed by atoms with Gasteiger partial charge in [-0.1, -0.05) is 6.07 Å². The average molecular weight is 353 g/mol. The van der Waals surface area contributed by atoms with E-state index in [1.165, 1.54) is 6.07 Å². The van der Waals surface area contributed by atoms with Crippen molar-refractivity contribution in [3.63, 3.8) is 0 Å². The Hall–Kier alpha value is -2.86. The predicted octanol–water partition coefficient (Wildman–Crippen LogP) is 3.82. The van der Waals surface area contributed by atoms with E-state index in [0.717, 1.165) is 37.4 Å². The molecule has 2 aliphatic rings. The van der Waals surface area contributed by atoms with E-state index in [1.54, 1.807) is 18.3 Å². The van der Waals surface area contributed by atoms with Gasteiger partial charge in [0, 0.05) is 42.4 Å². The van der Waals surface area contributed by atoms with E-state index in [0.29, 0.717) is 22.9 Å². The number of benzene rings is 2. The zero-order chi connectivity index (χ0) is 17.9. The van der Waals surface area contributed by atoms with Crippen molar-refractivity contribution >= 4 is 28.5 Å². The van der Waals surface area contributed by atoms with Crippen LogP contribution in [0.5, 0.6) is 0 Å². The quantitative estimate of drug-likeness (QED) is 0.731. The standard InChI is InChI=1S/C20H20FN3O2/c21-17-2-1-3-18-19(17)16(20(25)24-18)12-22-13-4-6-14(7-5-13)23-15-8-10-26-11-9-15/h1-7,12,15,22-23H,8-11H2,(H,24,25). The second-order valence-corrected chi connectivity index (χ2v) is 6.43. The summed E-state index contributed by atoms with van der Waals surface area (Å²) in [7, 11) is 0. The maximum absolute atomic E-state index is 14.0. The molecule has 0 bridgehead atoms. The number of rotatable bonds is 4. The zero-order valence-corrected chi connectivity index (χ0v) is 14.2. The van der Waals surface area contributed by atoms with E-state index in [2.05, 4.69) is 16.0 Å². The number of nitrogens with one attached hydrogen (secondary N) is 3. The summed E-state index contributed by atoms with van der Waals surface area (Å²) in [5, 5.41) is 9.25.